The lowest BCUT2D eigenvalue weighted by atomic mass is 9.97. The predicted octanol–water partition coefficient (Wildman–Crippen LogP) is 4.66. The number of piperidine rings is 1. The third-order valence-corrected chi connectivity index (χ3v) is 6.90. The van der Waals surface area contributed by atoms with Gasteiger partial charge in [-0.2, -0.15) is 0 Å². The van der Waals surface area contributed by atoms with Crippen molar-refractivity contribution in [2.75, 3.05) is 20.1 Å². The summed E-state index contributed by atoms with van der Waals surface area (Å²) in [6.07, 6.45) is 2.17. The van der Waals surface area contributed by atoms with Gasteiger partial charge in [0.05, 0.1) is 21.3 Å². The van der Waals surface area contributed by atoms with Crippen LogP contribution in [0.15, 0.2) is 48.5 Å². The Balaban J connectivity index is 1.42. The molecule has 6 heteroatoms. The number of para-hydroxylation sites is 1. The predicted molar refractivity (Wildman–Crippen MR) is 116 cm³/mol. The van der Waals surface area contributed by atoms with Crippen LogP contribution in [0.2, 0.25) is 0 Å². The zero-order valence-electron chi connectivity index (χ0n) is 16.8. The molecule has 0 aliphatic carbocycles. The van der Waals surface area contributed by atoms with E-state index in [1.807, 2.05) is 25.1 Å². The number of likely N-dealkylation sites (tertiary alicyclic amines) is 1. The maximum Gasteiger partial charge on any atom is 0.239 e. The van der Waals surface area contributed by atoms with E-state index in [4.69, 9.17) is 4.98 Å². The van der Waals surface area contributed by atoms with Gasteiger partial charge in [0.2, 0.25) is 5.91 Å². The van der Waals surface area contributed by atoms with Crippen LogP contribution in [-0.2, 0) is 11.3 Å². The zero-order valence-corrected chi connectivity index (χ0v) is 17.7. The molecule has 1 fully saturated rings. The van der Waals surface area contributed by atoms with Gasteiger partial charge in [-0.05, 0) is 56.1 Å². The second-order valence-corrected chi connectivity index (χ2v) is 8.92. The minimum atomic E-state index is -0.272. The van der Waals surface area contributed by atoms with Crippen LogP contribution in [0, 0.1) is 5.82 Å². The van der Waals surface area contributed by atoms with E-state index >= 15 is 0 Å². The monoisotopic (exact) mass is 411 g/mol. The molecule has 2 heterocycles. The first-order valence-corrected chi connectivity index (χ1v) is 10.9. The summed E-state index contributed by atoms with van der Waals surface area (Å²) in [5.74, 6) is 0.162. The number of amides is 1. The van der Waals surface area contributed by atoms with Crippen molar-refractivity contribution in [3.63, 3.8) is 0 Å². The fraction of sp³-hybridized carbons (Fsp3) is 0.391. The molecule has 1 amide bonds. The third-order valence-electron chi connectivity index (χ3n) is 5.70. The van der Waals surface area contributed by atoms with Crippen LogP contribution in [0.3, 0.4) is 0 Å². The summed E-state index contributed by atoms with van der Waals surface area (Å²) in [6.45, 7) is 4.16. The van der Waals surface area contributed by atoms with Crippen molar-refractivity contribution in [2.24, 2.45) is 0 Å². The molecule has 1 aromatic heterocycles. The van der Waals surface area contributed by atoms with Gasteiger partial charge in [0, 0.05) is 26.1 Å². The molecular formula is C23H26FN3OS. The molecule has 1 aliphatic heterocycles. The molecule has 3 aromatic rings. The molecule has 1 aliphatic rings. The van der Waals surface area contributed by atoms with E-state index in [0.717, 1.165) is 37.0 Å². The van der Waals surface area contributed by atoms with Crippen LogP contribution < -0.4 is 0 Å². The Morgan fingerprint density at radius 2 is 2.14 bits per heavy atom. The first-order chi connectivity index (χ1) is 14.0. The number of carbonyl (C=O) groups is 1. The molecule has 1 saturated heterocycles. The van der Waals surface area contributed by atoms with Gasteiger partial charge in [-0.1, -0.05) is 24.3 Å². The normalized spacial score (nSPS) is 18.7. The highest BCUT2D eigenvalue weighted by Gasteiger charge is 2.31. The van der Waals surface area contributed by atoms with E-state index in [1.165, 1.54) is 21.8 Å². The fourth-order valence-electron chi connectivity index (χ4n) is 4.09. The Morgan fingerprint density at radius 3 is 2.93 bits per heavy atom. The first-order valence-electron chi connectivity index (χ1n) is 10.1. The van der Waals surface area contributed by atoms with Crippen LogP contribution >= 0.6 is 11.3 Å². The van der Waals surface area contributed by atoms with Gasteiger partial charge >= 0.3 is 0 Å². The van der Waals surface area contributed by atoms with Crippen LogP contribution in [0.5, 0.6) is 0 Å². The van der Waals surface area contributed by atoms with Crippen LogP contribution in [0.25, 0.3) is 10.2 Å². The topological polar surface area (TPSA) is 36.4 Å². The standard InChI is InChI=1S/C23H26FN3OS/c1-16(23(28)26(2)14-17-7-5-9-19(24)13-17)27-12-6-8-18(15-27)22-25-20-10-3-4-11-21(20)29-22/h3-5,7,9-11,13,16,18H,6,8,12,14-15H2,1-2H3. The number of thiazole rings is 1. The lowest BCUT2D eigenvalue weighted by Gasteiger charge is -2.36. The number of nitrogens with zero attached hydrogens (tertiary/aromatic N) is 3. The van der Waals surface area contributed by atoms with Gasteiger partial charge in [0.25, 0.3) is 0 Å². The maximum absolute atomic E-state index is 13.4. The second-order valence-electron chi connectivity index (χ2n) is 7.85. The van der Waals surface area contributed by atoms with Crippen molar-refractivity contribution in [2.45, 2.75) is 38.3 Å². The minimum absolute atomic E-state index is 0.0687. The van der Waals surface area contributed by atoms with Crippen molar-refractivity contribution in [1.29, 1.82) is 0 Å². The quantitative estimate of drug-likeness (QED) is 0.613. The highest BCUT2D eigenvalue weighted by molar-refractivity contribution is 7.18. The molecule has 2 unspecified atom stereocenters. The van der Waals surface area contributed by atoms with Gasteiger partial charge in [0.1, 0.15) is 5.82 Å². The number of rotatable bonds is 5. The fourth-order valence-corrected chi connectivity index (χ4v) is 5.18. The molecular weight excluding hydrogens is 385 g/mol. The SMILES string of the molecule is CC(C(=O)N(C)Cc1cccc(F)c1)N1CCCC(c2nc3ccccc3s2)C1. The largest absolute Gasteiger partial charge is 0.340 e. The van der Waals surface area contributed by atoms with Crippen LogP contribution in [0.1, 0.15) is 36.3 Å². The highest BCUT2D eigenvalue weighted by atomic mass is 32.1. The number of hydrogen-bond acceptors (Lipinski definition) is 4. The zero-order chi connectivity index (χ0) is 20.4. The maximum atomic E-state index is 13.4. The summed E-state index contributed by atoms with van der Waals surface area (Å²) in [4.78, 5) is 21.8. The number of hydrogen-bond donors (Lipinski definition) is 0. The molecule has 0 N–H and O–H groups in total. The average Bonchev–Trinajstić information content (AvgIpc) is 3.17. The molecule has 0 saturated carbocycles. The summed E-state index contributed by atoms with van der Waals surface area (Å²) in [5.41, 5.74) is 1.86. The highest BCUT2D eigenvalue weighted by Crippen LogP contribution is 2.33. The van der Waals surface area contributed by atoms with E-state index in [2.05, 4.69) is 17.0 Å². The second kappa shape index (κ2) is 8.59. The van der Waals surface area contributed by atoms with Crippen LogP contribution in [0.4, 0.5) is 4.39 Å². The van der Waals surface area contributed by atoms with Crippen LogP contribution in [-0.4, -0.2) is 46.9 Å². The molecule has 152 valence electrons. The van der Waals surface area contributed by atoms with Crippen molar-refractivity contribution in [3.05, 3.63) is 64.9 Å². The minimum Gasteiger partial charge on any atom is -0.340 e. The van der Waals surface area contributed by atoms with Gasteiger partial charge in [-0.25, -0.2) is 9.37 Å². The summed E-state index contributed by atoms with van der Waals surface area (Å²) < 4.78 is 14.7. The number of aromatic nitrogens is 1. The number of fused-ring (bicyclic) bond motifs is 1. The summed E-state index contributed by atoms with van der Waals surface area (Å²) in [5, 5.41) is 1.17. The number of likely N-dealkylation sites (N-methyl/N-ethyl adjacent to an activating group) is 1. The smallest absolute Gasteiger partial charge is 0.239 e. The molecule has 29 heavy (non-hydrogen) atoms. The number of benzene rings is 2. The third kappa shape index (κ3) is 4.49. The number of halogens is 1. The Labute approximate surface area is 175 Å². The molecule has 4 nitrogen and oxygen atoms in total. The lowest BCUT2D eigenvalue weighted by Crippen LogP contribution is -2.48. The summed E-state index contributed by atoms with van der Waals surface area (Å²) in [7, 11) is 1.79. The molecule has 0 spiro atoms. The molecule has 2 atom stereocenters. The van der Waals surface area contributed by atoms with Crippen molar-refractivity contribution < 1.29 is 9.18 Å². The van der Waals surface area contributed by atoms with Gasteiger partial charge < -0.3 is 4.90 Å². The van der Waals surface area contributed by atoms with Gasteiger partial charge in [0.15, 0.2) is 0 Å². The van der Waals surface area contributed by atoms with E-state index < -0.39 is 0 Å². The Bertz CT molecular complexity index is 971. The molecule has 0 radical (unpaired) electrons. The molecule has 0 bridgehead atoms. The Morgan fingerprint density at radius 1 is 1.31 bits per heavy atom. The molecule has 4 rings (SSSR count). The van der Waals surface area contributed by atoms with E-state index in [-0.39, 0.29) is 17.8 Å². The first kappa shape index (κ1) is 20.0. The Hall–Kier alpha value is -2.31. The lowest BCUT2D eigenvalue weighted by molar-refractivity contribution is -0.136. The summed E-state index contributed by atoms with van der Waals surface area (Å²) >= 11 is 1.77. The molecule has 2 aromatic carbocycles. The average molecular weight is 412 g/mol. The Kier molecular flexibility index (Phi) is 5.92. The van der Waals surface area contributed by atoms with E-state index in [9.17, 15) is 9.18 Å². The van der Waals surface area contributed by atoms with Gasteiger partial charge in [-0.15, -0.1) is 11.3 Å². The van der Waals surface area contributed by atoms with Gasteiger partial charge in [-0.3, -0.25) is 9.69 Å². The van der Waals surface area contributed by atoms with Crippen molar-refractivity contribution in [1.82, 2.24) is 14.8 Å². The number of carbonyl (C=O) groups excluding carboxylic acids is 1. The van der Waals surface area contributed by atoms with Crippen molar-refractivity contribution in [3.8, 4) is 0 Å². The van der Waals surface area contributed by atoms with E-state index in [0.29, 0.717) is 12.5 Å². The summed E-state index contributed by atoms with van der Waals surface area (Å²) in [6, 6.07) is 14.5. The van der Waals surface area contributed by atoms with Crippen molar-refractivity contribution >= 4 is 27.5 Å². The van der Waals surface area contributed by atoms with E-state index in [1.54, 1.807) is 29.4 Å².